The Kier molecular flexibility index (Phi) is 17.6. The molecule has 0 aliphatic carbocycles. The van der Waals surface area contributed by atoms with E-state index in [0.717, 1.165) is 11.8 Å². The van der Waals surface area contributed by atoms with E-state index in [1.807, 2.05) is 63.3 Å². The Bertz CT molecular complexity index is 290. The van der Waals surface area contributed by atoms with E-state index >= 15 is 0 Å². The molecule has 1 aromatic rings. The predicted octanol–water partition coefficient (Wildman–Crippen LogP) is 5.37. The molecule has 20 heavy (non-hydrogen) atoms. The highest BCUT2D eigenvalue weighted by Crippen LogP contribution is 2.29. The van der Waals surface area contributed by atoms with Gasteiger partial charge in [0.2, 0.25) is 0 Å². The van der Waals surface area contributed by atoms with Gasteiger partial charge in [-0.1, -0.05) is 51.9 Å². The lowest BCUT2D eigenvalue weighted by atomic mass is 10.2. The Balaban J connectivity index is 0.000000278. The fourth-order valence-corrected chi connectivity index (χ4v) is 4.58. The summed E-state index contributed by atoms with van der Waals surface area (Å²) in [6, 6.07) is 9.10. The van der Waals surface area contributed by atoms with Gasteiger partial charge in [0.05, 0.1) is 0 Å². The van der Waals surface area contributed by atoms with E-state index in [4.69, 9.17) is 0 Å². The van der Waals surface area contributed by atoms with Crippen LogP contribution in [0.3, 0.4) is 0 Å². The highest BCUT2D eigenvalue weighted by atomic mass is 33.1. The van der Waals surface area contributed by atoms with Gasteiger partial charge in [0.15, 0.2) is 0 Å². The number of carbonyl (C=O) groups excluding carboxylic acids is 1. The summed E-state index contributed by atoms with van der Waals surface area (Å²) in [5.74, 6) is 5.40. The normalized spacial score (nSPS) is 12.7. The van der Waals surface area contributed by atoms with Crippen molar-refractivity contribution in [1.29, 1.82) is 0 Å². The first-order chi connectivity index (χ1) is 9.85. The molecular formula is C15H24OS4. The van der Waals surface area contributed by atoms with Crippen LogP contribution < -0.4 is 0 Å². The van der Waals surface area contributed by atoms with Gasteiger partial charge in [0, 0.05) is 17.1 Å². The van der Waals surface area contributed by atoms with Crippen LogP contribution in [0.4, 0.5) is 0 Å². The van der Waals surface area contributed by atoms with Gasteiger partial charge in [0.25, 0.3) is 0 Å². The lowest BCUT2D eigenvalue weighted by molar-refractivity contribution is 0.112. The maximum Gasteiger partial charge on any atom is 0.150 e. The fraction of sp³-hybridized carbons (Fsp3) is 0.533. The lowest BCUT2D eigenvalue weighted by Gasteiger charge is -1.90. The van der Waals surface area contributed by atoms with Crippen LogP contribution in [-0.2, 0) is 0 Å². The van der Waals surface area contributed by atoms with E-state index in [2.05, 4.69) is 12.5 Å². The number of aldehydes is 1. The Morgan fingerprint density at radius 3 is 1.90 bits per heavy atom. The first-order valence-electron chi connectivity index (χ1n) is 6.57. The average molecular weight is 349 g/mol. The highest BCUT2D eigenvalue weighted by Gasteiger charge is 1.96. The molecule has 0 bridgehead atoms. The number of thioether (sulfide) groups is 2. The predicted molar refractivity (Wildman–Crippen MR) is 103 cm³/mol. The van der Waals surface area contributed by atoms with Gasteiger partial charge < -0.3 is 0 Å². The van der Waals surface area contributed by atoms with Crippen molar-refractivity contribution in [1.82, 2.24) is 0 Å². The maximum absolute atomic E-state index is 10.0. The summed E-state index contributed by atoms with van der Waals surface area (Å²) in [4.78, 5) is 10.0. The zero-order valence-corrected chi connectivity index (χ0v) is 15.5. The van der Waals surface area contributed by atoms with Crippen LogP contribution in [0, 0.1) is 0 Å². The first kappa shape index (κ1) is 20.3. The van der Waals surface area contributed by atoms with Crippen LogP contribution in [0.25, 0.3) is 0 Å². The van der Waals surface area contributed by atoms with Crippen LogP contribution in [0.2, 0.25) is 0 Å². The third-order valence-corrected chi connectivity index (χ3v) is 6.14. The minimum atomic E-state index is 0.729. The molecule has 0 spiro atoms. The number of rotatable bonds is 5. The SMILES string of the molecule is C1CSSC1.CSCCCSC.O=Cc1ccccc1. The molecule has 1 aliphatic rings. The van der Waals surface area contributed by atoms with Gasteiger partial charge in [0.1, 0.15) is 6.29 Å². The van der Waals surface area contributed by atoms with Crippen LogP contribution in [0.5, 0.6) is 0 Å². The Hall–Kier alpha value is 0.290. The molecule has 0 aromatic heterocycles. The monoisotopic (exact) mass is 348 g/mol. The maximum atomic E-state index is 10.0. The Labute approximate surface area is 140 Å². The minimum Gasteiger partial charge on any atom is -0.298 e. The Morgan fingerprint density at radius 2 is 1.60 bits per heavy atom. The van der Waals surface area contributed by atoms with Crippen molar-refractivity contribution in [2.24, 2.45) is 0 Å². The molecule has 1 aromatic carbocycles. The second kappa shape index (κ2) is 17.3. The van der Waals surface area contributed by atoms with Crippen molar-refractivity contribution >= 4 is 51.4 Å². The van der Waals surface area contributed by atoms with Crippen molar-refractivity contribution in [3.05, 3.63) is 35.9 Å². The number of benzene rings is 1. The molecule has 0 amide bonds. The molecule has 0 radical (unpaired) electrons. The van der Waals surface area contributed by atoms with E-state index < -0.39 is 0 Å². The van der Waals surface area contributed by atoms with Crippen LogP contribution in [0.15, 0.2) is 30.3 Å². The van der Waals surface area contributed by atoms with Gasteiger partial charge in [-0.05, 0) is 36.9 Å². The quantitative estimate of drug-likeness (QED) is 0.403. The third-order valence-electron chi connectivity index (χ3n) is 2.17. The zero-order valence-electron chi connectivity index (χ0n) is 12.2. The van der Waals surface area contributed by atoms with Crippen molar-refractivity contribution in [3.63, 3.8) is 0 Å². The zero-order chi connectivity index (χ0) is 14.9. The molecule has 5 heteroatoms. The van der Waals surface area contributed by atoms with Crippen molar-refractivity contribution < 1.29 is 4.79 Å². The van der Waals surface area contributed by atoms with Gasteiger partial charge in [-0.3, -0.25) is 4.79 Å². The summed E-state index contributed by atoms with van der Waals surface area (Å²) in [6.45, 7) is 0. The molecule has 0 unspecified atom stereocenters. The summed E-state index contributed by atoms with van der Waals surface area (Å²) in [5, 5.41) is 0. The summed E-state index contributed by atoms with van der Waals surface area (Å²) in [7, 11) is 3.98. The molecule has 2 rings (SSSR count). The summed E-state index contributed by atoms with van der Waals surface area (Å²) in [6.07, 6.45) is 7.93. The van der Waals surface area contributed by atoms with Crippen LogP contribution in [-0.4, -0.2) is 41.8 Å². The summed E-state index contributed by atoms with van der Waals surface area (Å²) < 4.78 is 0. The molecule has 1 fully saturated rings. The topological polar surface area (TPSA) is 17.1 Å². The second-order valence-electron chi connectivity index (χ2n) is 3.87. The van der Waals surface area contributed by atoms with Gasteiger partial charge in [-0.25, -0.2) is 0 Å². The van der Waals surface area contributed by atoms with E-state index in [1.165, 1.54) is 35.9 Å². The fourth-order valence-electron chi connectivity index (χ4n) is 1.17. The average Bonchev–Trinajstić information content (AvgIpc) is 3.09. The minimum absolute atomic E-state index is 0.729. The van der Waals surface area contributed by atoms with E-state index in [0.29, 0.717) is 0 Å². The number of hydrogen-bond acceptors (Lipinski definition) is 5. The van der Waals surface area contributed by atoms with Gasteiger partial charge in [-0.15, -0.1) is 0 Å². The highest BCUT2D eigenvalue weighted by molar-refractivity contribution is 8.77. The van der Waals surface area contributed by atoms with Gasteiger partial charge in [-0.2, -0.15) is 23.5 Å². The van der Waals surface area contributed by atoms with Crippen molar-refractivity contribution in [2.75, 3.05) is 35.5 Å². The largest absolute Gasteiger partial charge is 0.298 e. The lowest BCUT2D eigenvalue weighted by Crippen LogP contribution is -1.79. The van der Waals surface area contributed by atoms with Crippen molar-refractivity contribution in [3.8, 4) is 0 Å². The molecular weight excluding hydrogens is 324 g/mol. The number of carbonyl (C=O) groups is 1. The molecule has 0 N–H and O–H groups in total. The summed E-state index contributed by atoms with van der Waals surface area (Å²) >= 11 is 3.86. The van der Waals surface area contributed by atoms with Crippen LogP contribution in [0.1, 0.15) is 23.2 Å². The van der Waals surface area contributed by atoms with E-state index in [-0.39, 0.29) is 0 Å². The third kappa shape index (κ3) is 14.7. The van der Waals surface area contributed by atoms with E-state index in [1.54, 1.807) is 12.1 Å². The first-order valence-corrected chi connectivity index (χ1v) is 11.8. The standard InChI is InChI=1S/C7H6O.C5H12S2.C3H6S2/c8-6-7-4-2-1-3-5-7;1-6-4-3-5-7-2;1-2-4-5-3-1/h1-6H;3-5H2,1-2H3;1-3H2. The summed E-state index contributed by atoms with van der Waals surface area (Å²) in [5.41, 5.74) is 0.729. The molecule has 1 nitrogen and oxygen atoms in total. The van der Waals surface area contributed by atoms with E-state index in [9.17, 15) is 4.79 Å². The molecule has 114 valence electrons. The molecule has 0 atom stereocenters. The molecule has 1 heterocycles. The Morgan fingerprint density at radius 1 is 1.05 bits per heavy atom. The molecule has 1 saturated heterocycles. The molecule has 1 aliphatic heterocycles. The van der Waals surface area contributed by atoms with Crippen LogP contribution >= 0.6 is 45.1 Å². The van der Waals surface area contributed by atoms with Crippen molar-refractivity contribution in [2.45, 2.75) is 12.8 Å². The number of hydrogen-bond donors (Lipinski definition) is 0. The smallest absolute Gasteiger partial charge is 0.150 e. The molecule has 0 saturated carbocycles. The second-order valence-corrected chi connectivity index (χ2v) is 8.54. The van der Waals surface area contributed by atoms with Gasteiger partial charge >= 0.3 is 0 Å².